The first-order valence-corrected chi connectivity index (χ1v) is 14.3. The number of aromatic nitrogens is 4. The number of aromatic carboxylic acids is 1. The van der Waals surface area contributed by atoms with E-state index in [1.807, 2.05) is 42.6 Å². The van der Waals surface area contributed by atoms with Crippen molar-refractivity contribution in [2.45, 2.75) is 26.4 Å². The molecule has 0 radical (unpaired) electrons. The molecule has 11 nitrogen and oxygen atoms in total. The van der Waals surface area contributed by atoms with Crippen LogP contribution in [0.15, 0.2) is 79.3 Å². The molecule has 5 rings (SSSR count). The normalized spacial score (nSPS) is 11.1. The van der Waals surface area contributed by atoms with Crippen molar-refractivity contribution in [3.05, 3.63) is 84.8 Å². The number of carboxylic acids is 1. The molecule has 3 aromatic carbocycles. The third-order valence-electron chi connectivity index (χ3n) is 6.99. The third-order valence-corrected chi connectivity index (χ3v) is 6.99. The minimum absolute atomic E-state index is 0.217. The van der Waals surface area contributed by atoms with Gasteiger partial charge >= 0.3 is 5.97 Å². The predicted octanol–water partition coefficient (Wildman–Crippen LogP) is 5.42. The van der Waals surface area contributed by atoms with E-state index in [0.717, 1.165) is 34.5 Å². The van der Waals surface area contributed by atoms with E-state index in [1.165, 1.54) is 12.1 Å². The lowest BCUT2D eigenvalue weighted by Gasteiger charge is -2.27. The highest BCUT2D eigenvalue weighted by Gasteiger charge is 2.15. The second-order valence-corrected chi connectivity index (χ2v) is 10.4. The molecular weight excluding hydrogens is 560 g/mol. The van der Waals surface area contributed by atoms with Gasteiger partial charge in [0.1, 0.15) is 23.9 Å². The topological polar surface area (TPSA) is 124 Å². The Morgan fingerprint density at radius 3 is 2.36 bits per heavy atom. The summed E-state index contributed by atoms with van der Waals surface area (Å²) in [6, 6.07) is 18.6. The molecule has 0 unspecified atom stereocenters. The number of hydrogen-bond acceptors (Lipinski definition) is 9. The fraction of sp³-hybridized carbons (Fsp3) is 0.273. The van der Waals surface area contributed by atoms with Crippen molar-refractivity contribution in [1.29, 1.82) is 0 Å². The number of rotatable bonds is 14. The number of nitrogens with zero attached hydrogens (tertiary/aromatic N) is 5. The highest BCUT2D eigenvalue weighted by molar-refractivity contribution is 5.87. The lowest BCUT2D eigenvalue weighted by Crippen LogP contribution is -2.32. The summed E-state index contributed by atoms with van der Waals surface area (Å²) in [6.45, 7) is 6.63. The summed E-state index contributed by atoms with van der Waals surface area (Å²) in [7, 11) is 3.29. The number of fused-ring (bicyclic) bond motifs is 1. The monoisotopic (exact) mass is 596 g/mol. The first kappa shape index (κ1) is 30.3. The van der Waals surface area contributed by atoms with Gasteiger partial charge in [0, 0.05) is 60.5 Å². The summed E-state index contributed by atoms with van der Waals surface area (Å²) >= 11 is 0. The number of nitrogens with one attached hydrogen (secondary N) is 1. The van der Waals surface area contributed by atoms with Crippen molar-refractivity contribution in [2.24, 2.45) is 0 Å². The Morgan fingerprint density at radius 2 is 1.68 bits per heavy atom. The number of ether oxygens (including phenoxy) is 3. The number of hydrogen-bond donors (Lipinski definition) is 2. The quantitative estimate of drug-likeness (QED) is 0.172. The van der Waals surface area contributed by atoms with Gasteiger partial charge in [-0.2, -0.15) is 5.10 Å². The van der Waals surface area contributed by atoms with Crippen LogP contribution in [0.1, 0.15) is 24.2 Å². The van der Waals surface area contributed by atoms with Gasteiger partial charge in [0.15, 0.2) is 0 Å². The van der Waals surface area contributed by atoms with Crippen LogP contribution in [0, 0.1) is 0 Å². The van der Waals surface area contributed by atoms with Gasteiger partial charge < -0.3 is 29.5 Å². The first-order chi connectivity index (χ1) is 21.3. The maximum absolute atomic E-state index is 11.0. The SMILES string of the molecule is COc1cc(OC)cc(N(CCNC(C)C)c2ccc3ncc(-c4cnn(CCOc5ccc(C(=O)O)cc5)c4)nc3c2)c1. The van der Waals surface area contributed by atoms with E-state index in [1.54, 1.807) is 43.4 Å². The smallest absolute Gasteiger partial charge is 0.335 e. The lowest BCUT2D eigenvalue weighted by atomic mass is 10.2. The Balaban J connectivity index is 1.35. The van der Waals surface area contributed by atoms with E-state index < -0.39 is 5.97 Å². The molecule has 0 atom stereocenters. The van der Waals surface area contributed by atoms with E-state index in [2.05, 4.69) is 34.1 Å². The molecule has 44 heavy (non-hydrogen) atoms. The van der Waals surface area contributed by atoms with E-state index >= 15 is 0 Å². The second kappa shape index (κ2) is 13.9. The minimum atomic E-state index is -0.970. The highest BCUT2D eigenvalue weighted by Crippen LogP contribution is 2.34. The van der Waals surface area contributed by atoms with Gasteiger partial charge in [-0.05, 0) is 42.5 Å². The maximum Gasteiger partial charge on any atom is 0.335 e. The fourth-order valence-electron chi connectivity index (χ4n) is 4.70. The average Bonchev–Trinajstić information content (AvgIpc) is 3.51. The Morgan fingerprint density at radius 1 is 0.932 bits per heavy atom. The van der Waals surface area contributed by atoms with Gasteiger partial charge in [-0.3, -0.25) is 9.67 Å². The van der Waals surface area contributed by atoms with Gasteiger partial charge in [0.25, 0.3) is 0 Å². The summed E-state index contributed by atoms with van der Waals surface area (Å²) in [5, 5.41) is 17.0. The molecule has 0 saturated carbocycles. The van der Waals surface area contributed by atoms with E-state index in [-0.39, 0.29) is 5.56 Å². The third kappa shape index (κ3) is 7.42. The molecule has 0 aliphatic rings. The zero-order valence-corrected chi connectivity index (χ0v) is 25.2. The largest absolute Gasteiger partial charge is 0.497 e. The highest BCUT2D eigenvalue weighted by atomic mass is 16.5. The molecule has 0 aliphatic heterocycles. The molecular formula is C33H36N6O5. The molecule has 2 N–H and O–H groups in total. The van der Waals surface area contributed by atoms with Crippen LogP contribution in [-0.2, 0) is 6.54 Å². The van der Waals surface area contributed by atoms with Gasteiger partial charge in [-0.1, -0.05) is 13.8 Å². The van der Waals surface area contributed by atoms with Crippen LogP contribution in [-0.4, -0.2) is 70.8 Å². The zero-order valence-electron chi connectivity index (χ0n) is 25.2. The molecule has 5 aromatic rings. The number of benzene rings is 3. The average molecular weight is 597 g/mol. The number of methoxy groups -OCH3 is 2. The van der Waals surface area contributed by atoms with Crippen LogP contribution >= 0.6 is 0 Å². The van der Waals surface area contributed by atoms with Crippen molar-refractivity contribution in [1.82, 2.24) is 25.1 Å². The Kier molecular flexibility index (Phi) is 9.56. The maximum atomic E-state index is 11.0. The Bertz CT molecular complexity index is 1700. The molecule has 0 saturated heterocycles. The van der Waals surface area contributed by atoms with Gasteiger partial charge in [0.2, 0.25) is 0 Å². The second-order valence-electron chi connectivity index (χ2n) is 10.4. The van der Waals surface area contributed by atoms with E-state index in [9.17, 15) is 4.79 Å². The number of carboxylic acid groups (broad SMARTS) is 1. The Hall–Kier alpha value is -5.16. The van der Waals surface area contributed by atoms with Crippen molar-refractivity contribution in [3.63, 3.8) is 0 Å². The Labute approximate surface area is 256 Å². The van der Waals surface area contributed by atoms with Crippen molar-refractivity contribution in [2.75, 3.05) is 38.8 Å². The first-order valence-electron chi connectivity index (χ1n) is 14.3. The summed E-state index contributed by atoms with van der Waals surface area (Å²) in [6.07, 6.45) is 5.41. The summed E-state index contributed by atoms with van der Waals surface area (Å²) in [4.78, 5) is 22.8. The molecule has 2 heterocycles. The summed E-state index contributed by atoms with van der Waals surface area (Å²) in [5.74, 6) is 1.05. The molecule has 0 fully saturated rings. The standard InChI is InChI=1S/C33H36N6O5/c1-22(2)34-11-12-39(26-15-28(42-3)18-29(16-26)43-4)25-7-10-30-31(17-25)37-32(20-35-30)24-19-36-38(21-24)13-14-44-27-8-5-23(6-9-27)33(40)41/h5-10,15-22,34H,11-14H2,1-4H3,(H,40,41). The molecule has 0 bridgehead atoms. The summed E-state index contributed by atoms with van der Waals surface area (Å²) < 4.78 is 18.6. The molecule has 0 amide bonds. The van der Waals surface area contributed by atoms with Crippen LogP contribution in [0.2, 0.25) is 0 Å². The van der Waals surface area contributed by atoms with Gasteiger partial charge in [-0.25, -0.2) is 9.78 Å². The molecule has 0 aliphatic carbocycles. The van der Waals surface area contributed by atoms with Crippen LogP contribution in [0.3, 0.4) is 0 Å². The van der Waals surface area contributed by atoms with E-state index in [0.29, 0.717) is 48.7 Å². The van der Waals surface area contributed by atoms with E-state index in [4.69, 9.17) is 24.3 Å². The summed E-state index contributed by atoms with van der Waals surface area (Å²) in [5.41, 5.74) is 5.22. The molecule has 0 spiro atoms. The molecule has 228 valence electrons. The molecule has 11 heteroatoms. The fourth-order valence-corrected chi connectivity index (χ4v) is 4.70. The van der Waals surface area contributed by atoms with Crippen LogP contribution in [0.25, 0.3) is 22.3 Å². The van der Waals surface area contributed by atoms with Crippen LogP contribution in [0.5, 0.6) is 17.2 Å². The number of carbonyl (C=O) groups is 1. The zero-order chi connectivity index (χ0) is 31.1. The number of anilines is 2. The van der Waals surface area contributed by atoms with Gasteiger partial charge in [-0.15, -0.1) is 0 Å². The van der Waals surface area contributed by atoms with Crippen molar-refractivity contribution in [3.8, 4) is 28.5 Å². The molecule has 2 aromatic heterocycles. The van der Waals surface area contributed by atoms with Crippen LogP contribution in [0.4, 0.5) is 11.4 Å². The van der Waals surface area contributed by atoms with Crippen LogP contribution < -0.4 is 24.4 Å². The predicted molar refractivity (Wildman–Crippen MR) is 169 cm³/mol. The van der Waals surface area contributed by atoms with Crippen molar-refractivity contribution >= 4 is 28.4 Å². The minimum Gasteiger partial charge on any atom is -0.497 e. The lowest BCUT2D eigenvalue weighted by molar-refractivity contribution is 0.0697. The van der Waals surface area contributed by atoms with Gasteiger partial charge in [0.05, 0.1) is 55.4 Å². The van der Waals surface area contributed by atoms with Crippen molar-refractivity contribution < 1.29 is 24.1 Å².